The number of benzene rings is 3. The second-order valence-corrected chi connectivity index (χ2v) is 10.2. The highest BCUT2D eigenvalue weighted by Crippen LogP contribution is 2.49. The lowest BCUT2D eigenvalue weighted by molar-refractivity contribution is 0.0349. The fourth-order valence-electron chi connectivity index (χ4n) is 5.85. The summed E-state index contributed by atoms with van der Waals surface area (Å²) in [5.41, 5.74) is 2.18. The number of rotatable bonds is 5. The van der Waals surface area contributed by atoms with Crippen molar-refractivity contribution >= 4 is 23.3 Å². The van der Waals surface area contributed by atoms with Gasteiger partial charge in [-0.25, -0.2) is 4.79 Å². The SMILES string of the molecule is COc1cccc(N2CCN(C(=O)c3cccc(N4C(=O)N[C@H]5C[C@@]4(C)Oc4c(OC)cccc45)c3)CC2)c1. The Bertz CT molecular complexity index is 1420. The number of methoxy groups -OCH3 is 2. The van der Waals surface area contributed by atoms with Crippen LogP contribution in [0.1, 0.15) is 35.3 Å². The monoisotopic (exact) mass is 528 g/mol. The molecule has 0 aromatic heterocycles. The first kappa shape index (κ1) is 24.9. The molecule has 2 bridgehead atoms. The molecule has 3 aliphatic rings. The van der Waals surface area contributed by atoms with E-state index in [-0.39, 0.29) is 18.0 Å². The van der Waals surface area contributed by atoms with E-state index in [9.17, 15) is 9.59 Å². The molecule has 0 aliphatic carbocycles. The van der Waals surface area contributed by atoms with Crippen molar-refractivity contribution in [3.63, 3.8) is 0 Å². The van der Waals surface area contributed by atoms with Crippen LogP contribution in [0.2, 0.25) is 0 Å². The molecular formula is C30H32N4O5. The third-order valence-corrected chi connectivity index (χ3v) is 7.82. The number of amides is 3. The van der Waals surface area contributed by atoms with Crippen molar-refractivity contribution in [3.8, 4) is 17.2 Å². The molecule has 3 amide bonds. The predicted octanol–water partition coefficient (Wildman–Crippen LogP) is 4.44. The van der Waals surface area contributed by atoms with Crippen LogP contribution < -0.4 is 29.3 Å². The number of nitrogens with one attached hydrogen (secondary N) is 1. The van der Waals surface area contributed by atoms with Gasteiger partial charge < -0.3 is 29.3 Å². The highest BCUT2D eigenvalue weighted by molar-refractivity contribution is 5.99. The van der Waals surface area contributed by atoms with Crippen molar-refractivity contribution in [1.82, 2.24) is 10.2 Å². The Labute approximate surface area is 227 Å². The van der Waals surface area contributed by atoms with E-state index in [1.54, 1.807) is 31.3 Å². The molecule has 9 heteroatoms. The van der Waals surface area contributed by atoms with E-state index >= 15 is 0 Å². The lowest BCUT2D eigenvalue weighted by atomic mass is 9.89. The number of fused-ring (bicyclic) bond motifs is 4. The Morgan fingerprint density at radius 3 is 2.46 bits per heavy atom. The number of para-hydroxylation sites is 1. The van der Waals surface area contributed by atoms with Gasteiger partial charge in [-0.3, -0.25) is 9.69 Å². The van der Waals surface area contributed by atoms with Crippen LogP contribution in [0.25, 0.3) is 0 Å². The minimum Gasteiger partial charge on any atom is -0.497 e. The molecule has 3 heterocycles. The molecule has 39 heavy (non-hydrogen) atoms. The number of piperazine rings is 1. The van der Waals surface area contributed by atoms with Crippen LogP contribution in [0.15, 0.2) is 66.7 Å². The molecule has 9 nitrogen and oxygen atoms in total. The Morgan fingerprint density at radius 1 is 0.949 bits per heavy atom. The summed E-state index contributed by atoms with van der Waals surface area (Å²) >= 11 is 0. The molecule has 0 spiro atoms. The standard InChI is InChI=1S/C30H32N4O5/c1-30-19-25(24-11-6-12-26(38-3)27(24)39-30)31-29(36)34(30)22-9-4-7-20(17-22)28(35)33-15-13-32(14-16-33)21-8-5-10-23(18-21)37-2/h4-12,17-18,25H,13-16,19H2,1-3H3,(H,31,36)/t25-,30+/m0/s1. The number of anilines is 2. The minimum atomic E-state index is -0.946. The van der Waals surface area contributed by atoms with Crippen molar-refractivity contribution in [2.45, 2.75) is 25.1 Å². The third-order valence-electron chi connectivity index (χ3n) is 7.82. The lowest BCUT2D eigenvalue weighted by Crippen LogP contribution is -2.65. The van der Waals surface area contributed by atoms with E-state index in [2.05, 4.69) is 16.3 Å². The summed E-state index contributed by atoms with van der Waals surface area (Å²) in [5, 5.41) is 3.11. The molecule has 2 saturated heterocycles. The van der Waals surface area contributed by atoms with Crippen LogP contribution >= 0.6 is 0 Å². The molecule has 3 aliphatic heterocycles. The van der Waals surface area contributed by atoms with Gasteiger partial charge in [0.2, 0.25) is 0 Å². The van der Waals surface area contributed by atoms with Gasteiger partial charge in [0, 0.05) is 55.5 Å². The average Bonchev–Trinajstić information content (AvgIpc) is 2.96. The zero-order chi connectivity index (χ0) is 27.1. The molecule has 0 unspecified atom stereocenters. The maximum absolute atomic E-state index is 13.5. The van der Waals surface area contributed by atoms with Crippen LogP contribution in [-0.2, 0) is 0 Å². The van der Waals surface area contributed by atoms with Crippen molar-refractivity contribution in [3.05, 3.63) is 77.9 Å². The number of ether oxygens (including phenoxy) is 3. The molecular weight excluding hydrogens is 496 g/mol. The zero-order valence-electron chi connectivity index (χ0n) is 22.3. The zero-order valence-corrected chi connectivity index (χ0v) is 22.3. The maximum atomic E-state index is 13.5. The van der Waals surface area contributed by atoms with Gasteiger partial charge in [0.1, 0.15) is 5.75 Å². The van der Waals surface area contributed by atoms with E-state index in [0.717, 1.165) is 30.1 Å². The van der Waals surface area contributed by atoms with Crippen LogP contribution in [-0.4, -0.2) is 63.0 Å². The molecule has 202 valence electrons. The van der Waals surface area contributed by atoms with Crippen molar-refractivity contribution in [2.75, 3.05) is 50.2 Å². The summed E-state index contributed by atoms with van der Waals surface area (Å²) < 4.78 is 17.4. The first-order valence-electron chi connectivity index (χ1n) is 13.2. The van der Waals surface area contributed by atoms with E-state index in [4.69, 9.17) is 14.2 Å². The van der Waals surface area contributed by atoms with Gasteiger partial charge in [0.15, 0.2) is 17.2 Å². The molecule has 1 N–H and O–H groups in total. The Kier molecular flexibility index (Phi) is 6.21. The highest BCUT2D eigenvalue weighted by atomic mass is 16.5. The summed E-state index contributed by atoms with van der Waals surface area (Å²) in [7, 11) is 3.26. The number of hydrogen-bond acceptors (Lipinski definition) is 6. The Balaban J connectivity index is 1.21. The first-order chi connectivity index (χ1) is 18.9. The van der Waals surface area contributed by atoms with Gasteiger partial charge in [0.05, 0.1) is 25.9 Å². The van der Waals surface area contributed by atoms with Gasteiger partial charge in [-0.2, -0.15) is 0 Å². The third kappa shape index (κ3) is 4.37. The summed E-state index contributed by atoms with van der Waals surface area (Å²) in [6.45, 7) is 4.55. The van der Waals surface area contributed by atoms with Crippen LogP contribution in [0.3, 0.4) is 0 Å². The topological polar surface area (TPSA) is 83.6 Å². The Morgan fingerprint density at radius 2 is 1.69 bits per heavy atom. The lowest BCUT2D eigenvalue weighted by Gasteiger charge is -2.50. The fraction of sp³-hybridized carbons (Fsp3) is 0.333. The summed E-state index contributed by atoms with van der Waals surface area (Å²) in [5.74, 6) is 2.01. The van der Waals surface area contributed by atoms with Crippen LogP contribution in [0, 0.1) is 0 Å². The van der Waals surface area contributed by atoms with Crippen LogP contribution in [0.5, 0.6) is 17.2 Å². The number of urea groups is 1. The number of carbonyl (C=O) groups excluding carboxylic acids is 2. The largest absolute Gasteiger partial charge is 0.497 e. The molecule has 2 atom stereocenters. The average molecular weight is 529 g/mol. The van der Waals surface area contributed by atoms with E-state index < -0.39 is 5.72 Å². The van der Waals surface area contributed by atoms with E-state index in [1.807, 2.05) is 60.4 Å². The molecule has 2 fully saturated rings. The number of hydrogen-bond donors (Lipinski definition) is 1. The first-order valence-corrected chi connectivity index (χ1v) is 13.2. The normalized spacial score (nSPS) is 22.0. The molecule has 3 aromatic carbocycles. The van der Waals surface area contributed by atoms with Gasteiger partial charge >= 0.3 is 6.03 Å². The predicted molar refractivity (Wildman–Crippen MR) is 148 cm³/mol. The van der Waals surface area contributed by atoms with Crippen LogP contribution in [0.4, 0.5) is 16.2 Å². The van der Waals surface area contributed by atoms with Gasteiger partial charge in [-0.1, -0.05) is 24.3 Å². The van der Waals surface area contributed by atoms with Crippen molar-refractivity contribution in [1.29, 1.82) is 0 Å². The minimum absolute atomic E-state index is 0.0563. The van der Waals surface area contributed by atoms with E-state index in [0.29, 0.717) is 42.3 Å². The quantitative estimate of drug-likeness (QED) is 0.528. The number of carbonyl (C=O) groups is 2. The van der Waals surface area contributed by atoms with E-state index in [1.165, 1.54) is 0 Å². The summed E-state index contributed by atoms with van der Waals surface area (Å²) in [6.07, 6.45) is 0.559. The van der Waals surface area contributed by atoms with Crippen molar-refractivity contribution < 1.29 is 23.8 Å². The molecule has 0 saturated carbocycles. The van der Waals surface area contributed by atoms with Gasteiger partial charge in [-0.15, -0.1) is 0 Å². The maximum Gasteiger partial charge on any atom is 0.325 e. The number of nitrogens with zero attached hydrogens (tertiary/aromatic N) is 3. The molecule has 0 radical (unpaired) electrons. The van der Waals surface area contributed by atoms with Gasteiger partial charge in [0.25, 0.3) is 5.91 Å². The molecule has 3 aromatic rings. The Hall–Kier alpha value is -4.40. The molecule has 6 rings (SSSR count). The second-order valence-electron chi connectivity index (χ2n) is 10.2. The smallest absolute Gasteiger partial charge is 0.325 e. The summed E-state index contributed by atoms with van der Waals surface area (Å²) in [4.78, 5) is 32.6. The highest BCUT2D eigenvalue weighted by Gasteiger charge is 2.50. The van der Waals surface area contributed by atoms with Crippen molar-refractivity contribution in [2.24, 2.45) is 0 Å². The fourth-order valence-corrected chi connectivity index (χ4v) is 5.85. The summed E-state index contributed by atoms with van der Waals surface area (Å²) in [6, 6.07) is 20.4. The van der Waals surface area contributed by atoms with Gasteiger partial charge in [-0.05, 0) is 43.3 Å². The second kappa shape index (κ2) is 9.72.